The number of carbonyl (C=O) groups is 1. The standard InChI is InChI=1S/C10H13N2O/c1-12(2)8-10(13)11-9-6-4-3-5-7-9/h3-4,6-7H,8H2,1-2H3,(H,11,13). The van der Waals surface area contributed by atoms with Crippen molar-refractivity contribution in [2.24, 2.45) is 0 Å². The Morgan fingerprint density at radius 3 is 2.92 bits per heavy atom. The molecule has 1 N–H and O–H groups in total. The van der Waals surface area contributed by atoms with E-state index >= 15 is 0 Å². The van der Waals surface area contributed by atoms with Crippen LogP contribution in [0.5, 0.6) is 0 Å². The van der Waals surface area contributed by atoms with E-state index in [1.54, 1.807) is 12.1 Å². The highest BCUT2D eigenvalue weighted by molar-refractivity contribution is 5.92. The molecule has 0 spiro atoms. The van der Waals surface area contributed by atoms with Crippen LogP contribution in [-0.4, -0.2) is 31.4 Å². The normalized spacial score (nSPS) is 10.1. The second-order valence-electron chi connectivity index (χ2n) is 3.08. The maximum Gasteiger partial charge on any atom is 0.238 e. The fourth-order valence-electron chi connectivity index (χ4n) is 0.959. The number of anilines is 1. The van der Waals surface area contributed by atoms with Crippen molar-refractivity contribution in [3.8, 4) is 0 Å². The molecule has 3 nitrogen and oxygen atoms in total. The largest absolute Gasteiger partial charge is 0.325 e. The molecule has 1 aromatic rings. The van der Waals surface area contributed by atoms with Gasteiger partial charge in [0.05, 0.1) is 6.54 Å². The van der Waals surface area contributed by atoms with E-state index in [1.165, 1.54) is 0 Å². The molecule has 0 saturated heterocycles. The molecule has 0 heterocycles. The molecule has 13 heavy (non-hydrogen) atoms. The Labute approximate surface area is 78.4 Å². The maximum atomic E-state index is 11.3. The van der Waals surface area contributed by atoms with E-state index in [2.05, 4.69) is 11.4 Å². The molecule has 0 bridgehead atoms. The minimum atomic E-state index is -0.00963. The van der Waals surface area contributed by atoms with Crippen LogP contribution < -0.4 is 5.32 Å². The van der Waals surface area contributed by atoms with E-state index in [9.17, 15) is 4.79 Å². The van der Waals surface area contributed by atoms with Crippen molar-refractivity contribution < 1.29 is 4.79 Å². The molecule has 0 unspecified atom stereocenters. The first-order valence-electron chi connectivity index (χ1n) is 4.09. The molecular weight excluding hydrogens is 164 g/mol. The first-order chi connectivity index (χ1) is 6.18. The number of benzene rings is 1. The molecule has 1 rings (SSSR count). The summed E-state index contributed by atoms with van der Waals surface area (Å²) in [6.07, 6.45) is 0. The van der Waals surface area contributed by atoms with Crippen molar-refractivity contribution in [1.29, 1.82) is 0 Å². The molecule has 0 saturated carbocycles. The van der Waals surface area contributed by atoms with Crippen molar-refractivity contribution >= 4 is 11.6 Å². The van der Waals surface area contributed by atoms with E-state index in [-0.39, 0.29) is 5.91 Å². The summed E-state index contributed by atoms with van der Waals surface area (Å²) >= 11 is 0. The van der Waals surface area contributed by atoms with E-state index < -0.39 is 0 Å². The Morgan fingerprint density at radius 1 is 1.62 bits per heavy atom. The minimum Gasteiger partial charge on any atom is -0.325 e. The first-order valence-corrected chi connectivity index (χ1v) is 4.09. The van der Waals surface area contributed by atoms with E-state index in [1.807, 2.05) is 31.1 Å². The number of hydrogen-bond acceptors (Lipinski definition) is 2. The number of carbonyl (C=O) groups excluding carboxylic acids is 1. The molecule has 1 amide bonds. The smallest absolute Gasteiger partial charge is 0.238 e. The van der Waals surface area contributed by atoms with Gasteiger partial charge in [-0.15, -0.1) is 0 Å². The number of nitrogens with zero attached hydrogens (tertiary/aromatic N) is 1. The van der Waals surface area contributed by atoms with Gasteiger partial charge in [0.25, 0.3) is 0 Å². The second-order valence-corrected chi connectivity index (χ2v) is 3.08. The Balaban J connectivity index is 2.46. The van der Waals surface area contributed by atoms with Crippen LogP contribution in [0.15, 0.2) is 24.3 Å². The van der Waals surface area contributed by atoms with Crippen molar-refractivity contribution in [1.82, 2.24) is 4.90 Å². The minimum absolute atomic E-state index is 0.00963. The Morgan fingerprint density at radius 2 is 2.38 bits per heavy atom. The monoisotopic (exact) mass is 177 g/mol. The van der Waals surface area contributed by atoms with Gasteiger partial charge in [-0.25, -0.2) is 0 Å². The van der Waals surface area contributed by atoms with E-state index in [0.29, 0.717) is 6.54 Å². The number of amides is 1. The molecule has 69 valence electrons. The van der Waals surface area contributed by atoms with Gasteiger partial charge in [0.15, 0.2) is 0 Å². The van der Waals surface area contributed by atoms with Crippen LogP contribution >= 0.6 is 0 Å². The van der Waals surface area contributed by atoms with Crippen molar-refractivity contribution in [3.63, 3.8) is 0 Å². The van der Waals surface area contributed by atoms with Crippen LogP contribution in [0.4, 0.5) is 5.69 Å². The lowest BCUT2D eigenvalue weighted by molar-refractivity contribution is -0.116. The van der Waals surface area contributed by atoms with Crippen LogP contribution in [0.1, 0.15) is 0 Å². The third kappa shape index (κ3) is 3.71. The summed E-state index contributed by atoms with van der Waals surface area (Å²) in [5, 5.41) is 2.76. The zero-order valence-electron chi connectivity index (χ0n) is 7.87. The maximum absolute atomic E-state index is 11.3. The first kappa shape index (κ1) is 9.74. The van der Waals surface area contributed by atoms with Gasteiger partial charge in [0.1, 0.15) is 0 Å². The van der Waals surface area contributed by atoms with E-state index in [0.717, 1.165) is 5.69 Å². The number of rotatable bonds is 3. The van der Waals surface area contributed by atoms with Crippen LogP contribution in [0.3, 0.4) is 0 Å². The van der Waals surface area contributed by atoms with Gasteiger partial charge in [-0.05, 0) is 32.3 Å². The Kier molecular flexibility index (Phi) is 3.46. The zero-order chi connectivity index (χ0) is 9.68. The molecule has 1 radical (unpaired) electrons. The molecule has 0 aromatic heterocycles. The van der Waals surface area contributed by atoms with Crippen LogP contribution in [-0.2, 0) is 4.79 Å². The van der Waals surface area contributed by atoms with Gasteiger partial charge in [-0.3, -0.25) is 4.79 Å². The zero-order valence-corrected chi connectivity index (χ0v) is 7.87. The summed E-state index contributed by atoms with van der Waals surface area (Å²) in [4.78, 5) is 13.1. The summed E-state index contributed by atoms with van der Waals surface area (Å²) in [5.74, 6) is -0.00963. The van der Waals surface area contributed by atoms with Gasteiger partial charge in [-0.1, -0.05) is 12.1 Å². The molecule has 0 aliphatic rings. The predicted octanol–water partition coefficient (Wildman–Crippen LogP) is 0.987. The fraction of sp³-hybridized carbons (Fsp3) is 0.300. The number of likely N-dealkylation sites (N-methyl/N-ethyl adjacent to an activating group) is 1. The topological polar surface area (TPSA) is 32.3 Å². The van der Waals surface area contributed by atoms with Crippen molar-refractivity contribution in [3.05, 3.63) is 30.3 Å². The highest BCUT2D eigenvalue weighted by Crippen LogP contribution is 2.03. The Bertz CT molecular complexity index is 270. The third-order valence-electron chi connectivity index (χ3n) is 1.45. The predicted molar refractivity (Wildman–Crippen MR) is 52.5 cm³/mol. The second kappa shape index (κ2) is 4.62. The van der Waals surface area contributed by atoms with Crippen LogP contribution in [0.2, 0.25) is 0 Å². The molecule has 0 atom stereocenters. The third-order valence-corrected chi connectivity index (χ3v) is 1.45. The highest BCUT2D eigenvalue weighted by Gasteiger charge is 2.01. The van der Waals surface area contributed by atoms with Gasteiger partial charge in [-0.2, -0.15) is 0 Å². The summed E-state index contributed by atoms with van der Waals surface area (Å²) in [7, 11) is 3.72. The van der Waals surface area contributed by atoms with Gasteiger partial charge >= 0.3 is 0 Å². The summed E-state index contributed by atoms with van der Waals surface area (Å²) in [6.45, 7) is 0.398. The average molecular weight is 177 g/mol. The summed E-state index contributed by atoms with van der Waals surface area (Å²) < 4.78 is 0. The SMILES string of the molecule is CN(C)CC(=O)Nc1c[c]ccc1. The van der Waals surface area contributed by atoms with Crippen LogP contribution in [0.25, 0.3) is 0 Å². The fourth-order valence-corrected chi connectivity index (χ4v) is 0.959. The van der Waals surface area contributed by atoms with Crippen LogP contribution in [0, 0.1) is 6.07 Å². The average Bonchev–Trinajstić information content (AvgIpc) is 2.04. The summed E-state index contributed by atoms with van der Waals surface area (Å²) in [6, 6.07) is 10.1. The highest BCUT2D eigenvalue weighted by atomic mass is 16.2. The lowest BCUT2D eigenvalue weighted by atomic mass is 10.3. The van der Waals surface area contributed by atoms with Crippen molar-refractivity contribution in [2.45, 2.75) is 0 Å². The Hall–Kier alpha value is -1.35. The molecule has 3 heteroatoms. The lowest BCUT2D eigenvalue weighted by Gasteiger charge is -2.09. The molecule has 1 aromatic carbocycles. The van der Waals surface area contributed by atoms with E-state index in [4.69, 9.17) is 0 Å². The quantitative estimate of drug-likeness (QED) is 0.746. The lowest BCUT2D eigenvalue weighted by Crippen LogP contribution is -2.26. The summed E-state index contributed by atoms with van der Waals surface area (Å²) in [5.41, 5.74) is 0.786. The number of hydrogen-bond donors (Lipinski definition) is 1. The molecule has 0 fully saturated rings. The van der Waals surface area contributed by atoms with Gasteiger partial charge in [0, 0.05) is 5.69 Å². The number of nitrogens with one attached hydrogen (secondary N) is 1. The van der Waals surface area contributed by atoms with Gasteiger partial charge < -0.3 is 10.2 Å². The van der Waals surface area contributed by atoms with Crippen molar-refractivity contribution in [2.75, 3.05) is 26.0 Å². The van der Waals surface area contributed by atoms with Gasteiger partial charge in [0.2, 0.25) is 5.91 Å². The molecule has 0 aliphatic heterocycles. The molecule has 0 aliphatic carbocycles. The molecular formula is C10H13N2O.